The summed E-state index contributed by atoms with van der Waals surface area (Å²) in [6, 6.07) is 22.0. The number of thiophene rings is 1. The van der Waals surface area contributed by atoms with Crippen molar-refractivity contribution < 1.29 is 19.1 Å². The number of anilines is 2. The van der Waals surface area contributed by atoms with Crippen molar-refractivity contribution in [2.75, 3.05) is 50.1 Å². The molecule has 2 aromatic carbocycles. The first-order valence-electron chi connectivity index (χ1n) is 12.3. The molecule has 0 radical (unpaired) electrons. The third-order valence-corrected chi connectivity index (χ3v) is 6.71. The summed E-state index contributed by atoms with van der Waals surface area (Å²) in [6.07, 6.45) is 4.89. The van der Waals surface area contributed by atoms with E-state index in [-0.39, 0.29) is 5.97 Å². The van der Waals surface area contributed by atoms with Crippen LogP contribution in [0.1, 0.15) is 30.6 Å². The topological polar surface area (TPSA) is 87.7 Å². The monoisotopic (exact) mass is 557 g/mol. The van der Waals surface area contributed by atoms with E-state index in [4.69, 9.17) is 0 Å². The second-order valence-corrected chi connectivity index (χ2v) is 9.90. The smallest absolute Gasteiger partial charge is 0.302 e. The van der Waals surface area contributed by atoms with Gasteiger partial charge in [0.05, 0.1) is 11.6 Å². The maximum atomic E-state index is 10.3. The first-order chi connectivity index (χ1) is 18.4. The van der Waals surface area contributed by atoms with Crippen molar-refractivity contribution in [1.82, 2.24) is 4.90 Å². The van der Waals surface area contributed by atoms with Crippen LogP contribution in [0.25, 0.3) is 10.4 Å². The fourth-order valence-electron chi connectivity index (χ4n) is 3.31. The molecule has 0 spiro atoms. The Bertz CT molecular complexity index is 1080. The van der Waals surface area contributed by atoms with Crippen molar-refractivity contribution in [2.24, 2.45) is 5.92 Å². The Hall–Kier alpha value is -3.14. The van der Waals surface area contributed by atoms with E-state index in [2.05, 4.69) is 56.1 Å². The molecule has 0 amide bonds. The molecule has 1 unspecified atom stereocenters. The van der Waals surface area contributed by atoms with Gasteiger partial charge in [0.25, 0.3) is 0 Å². The molecular formula is C29H39N3O4S2. The summed E-state index contributed by atoms with van der Waals surface area (Å²) in [5.41, 5.74) is 2.94. The SMILES string of the molecule is CCOC(C)=O.CN1CCC(C=O)C1.CNc1ccc(-c2ccccc2)s1.CSNc1cccc(C=O)c1. The van der Waals surface area contributed by atoms with Crippen LogP contribution in [0.5, 0.6) is 0 Å². The third kappa shape index (κ3) is 14.0. The van der Waals surface area contributed by atoms with E-state index < -0.39 is 0 Å². The van der Waals surface area contributed by atoms with Crippen LogP contribution in [0, 0.1) is 5.92 Å². The first-order valence-corrected chi connectivity index (χ1v) is 14.3. The van der Waals surface area contributed by atoms with Crippen molar-refractivity contribution in [3.05, 3.63) is 72.3 Å². The lowest BCUT2D eigenvalue weighted by Gasteiger charge is -2.02. The first kappa shape index (κ1) is 32.9. The van der Waals surface area contributed by atoms with Gasteiger partial charge >= 0.3 is 5.97 Å². The fraction of sp³-hybridized carbons (Fsp3) is 0.345. The standard InChI is InChI=1S/C11H11NS.C8H9NOS.C6H11NO.C4H8O2/c1-12-11-8-7-10(13-11)9-5-3-2-4-6-9;1-11-9-8-4-2-3-7(5-8)6-10;1-7-3-2-6(4-7)5-8;1-3-6-4(2)5/h2-8,12H,1H3;2-6,9H,1H3;5-6H,2-4H2,1H3;3H2,1-2H3. The minimum Gasteiger partial charge on any atom is -0.466 e. The number of nitrogens with one attached hydrogen (secondary N) is 2. The maximum Gasteiger partial charge on any atom is 0.302 e. The molecule has 0 bridgehead atoms. The number of rotatable bonds is 7. The molecule has 3 aromatic rings. The number of carbonyl (C=O) groups excluding carboxylic acids is 3. The Morgan fingerprint density at radius 2 is 1.87 bits per heavy atom. The number of aldehydes is 2. The Balaban J connectivity index is 0.000000264. The molecular weight excluding hydrogens is 518 g/mol. The van der Waals surface area contributed by atoms with E-state index in [1.165, 1.54) is 34.3 Å². The van der Waals surface area contributed by atoms with Crippen molar-refractivity contribution in [3.8, 4) is 10.4 Å². The number of benzene rings is 2. The zero-order valence-electron chi connectivity index (χ0n) is 22.8. The molecule has 1 aliphatic rings. The molecule has 1 fully saturated rings. The Labute approximate surface area is 235 Å². The van der Waals surface area contributed by atoms with Crippen molar-refractivity contribution in [1.29, 1.82) is 0 Å². The van der Waals surface area contributed by atoms with Crippen LogP contribution >= 0.6 is 23.3 Å². The summed E-state index contributed by atoms with van der Waals surface area (Å²) in [6.45, 7) is 5.70. The second-order valence-electron chi connectivity index (χ2n) is 8.20. The highest BCUT2D eigenvalue weighted by molar-refractivity contribution is 7.99. The third-order valence-electron chi connectivity index (χ3n) is 5.12. The van der Waals surface area contributed by atoms with Crippen LogP contribution in [-0.2, 0) is 14.3 Å². The van der Waals surface area contributed by atoms with Crippen LogP contribution in [0.4, 0.5) is 10.7 Å². The zero-order chi connectivity index (χ0) is 28.2. The van der Waals surface area contributed by atoms with Gasteiger partial charge in [0.15, 0.2) is 0 Å². The van der Waals surface area contributed by atoms with Crippen LogP contribution in [-0.4, -0.2) is 63.5 Å². The van der Waals surface area contributed by atoms with Crippen LogP contribution < -0.4 is 10.0 Å². The average molecular weight is 558 g/mol. The summed E-state index contributed by atoms with van der Waals surface area (Å²) in [4.78, 5) is 33.8. The molecule has 2 N–H and O–H groups in total. The number of hydrogen-bond donors (Lipinski definition) is 2. The maximum absolute atomic E-state index is 10.3. The second kappa shape index (κ2) is 19.9. The molecule has 38 heavy (non-hydrogen) atoms. The number of likely N-dealkylation sites (tertiary alicyclic amines) is 1. The molecule has 7 nitrogen and oxygen atoms in total. The van der Waals surface area contributed by atoms with Gasteiger partial charge in [0, 0.05) is 48.8 Å². The summed E-state index contributed by atoms with van der Waals surface area (Å²) in [5.74, 6) is 0.109. The number of nitrogens with zero attached hydrogens (tertiary/aromatic N) is 1. The summed E-state index contributed by atoms with van der Waals surface area (Å²) < 4.78 is 7.44. The van der Waals surface area contributed by atoms with E-state index in [1.807, 2.05) is 44.6 Å². The molecule has 1 saturated heterocycles. The van der Waals surface area contributed by atoms with Crippen LogP contribution in [0.15, 0.2) is 66.7 Å². The molecule has 2 heterocycles. The van der Waals surface area contributed by atoms with E-state index in [0.717, 1.165) is 37.8 Å². The van der Waals surface area contributed by atoms with Gasteiger partial charge in [-0.15, -0.1) is 11.3 Å². The molecule has 1 atom stereocenters. The van der Waals surface area contributed by atoms with E-state index in [0.29, 0.717) is 18.1 Å². The highest BCUT2D eigenvalue weighted by Crippen LogP contribution is 2.30. The van der Waals surface area contributed by atoms with E-state index in [1.54, 1.807) is 24.3 Å². The molecule has 0 aliphatic carbocycles. The number of carbonyl (C=O) groups is 3. The van der Waals surface area contributed by atoms with Crippen molar-refractivity contribution >= 4 is 52.5 Å². The van der Waals surface area contributed by atoms with Gasteiger partial charge in [-0.25, -0.2) is 0 Å². The predicted octanol–water partition coefficient (Wildman–Crippen LogP) is 6.35. The van der Waals surface area contributed by atoms with E-state index >= 15 is 0 Å². The lowest BCUT2D eigenvalue weighted by Crippen LogP contribution is -2.14. The summed E-state index contributed by atoms with van der Waals surface area (Å²) in [5, 5.41) is 4.34. The zero-order valence-corrected chi connectivity index (χ0v) is 24.4. The predicted molar refractivity (Wildman–Crippen MR) is 162 cm³/mol. The van der Waals surface area contributed by atoms with Gasteiger partial charge in [-0.2, -0.15) is 0 Å². The van der Waals surface area contributed by atoms with Gasteiger partial charge in [-0.3, -0.25) is 9.59 Å². The number of ether oxygens (including phenoxy) is 1. The van der Waals surface area contributed by atoms with Crippen LogP contribution in [0.2, 0.25) is 0 Å². The highest BCUT2D eigenvalue weighted by atomic mass is 32.2. The Morgan fingerprint density at radius 3 is 2.32 bits per heavy atom. The minimum absolute atomic E-state index is 0.211. The van der Waals surface area contributed by atoms with Gasteiger partial charge in [-0.05, 0) is 56.8 Å². The lowest BCUT2D eigenvalue weighted by molar-refractivity contribution is -0.140. The Kier molecular flexibility index (Phi) is 17.2. The van der Waals surface area contributed by atoms with Gasteiger partial charge in [0.1, 0.15) is 12.6 Å². The molecule has 0 saturated carbocycles. The molecule has 1 aliphatic heterocycles. The number of hydrogen-bond acceptors (Lipinski definition) is 9. The minimum atomic E-state index is -0.211. The van der Waals surface area contributed by atoms with E-state index in [9.17, 15) is 14.4 Å². The van der Waals surface area contributed by atoms with Crippen LogP contribution in [0.3, 0.4) is 0 Å². The Morgan fingerprint density at radius 1 is 1.13 bits per heavy atom. The quantitative estimate of drug-likeness (QED) is 0.197. The number of esters is 1. The average Bonchev–Trinajstić information content (AvgIpc) is 3.59. The summed E-state index contributed by atoms with van der Waals surface area (Å²) in [7, 11) is 3.99. The molecule has 4 rings (SSSR count). The fourth-order valence-corrected chi connectivity index (χ4v) is 4.53. The largest absolute Gasteiger partial charge is 0.466 e. The van der Waals surface area contributed by atoms with Gasteiger partial charge in [0.2, 0.25) is 0 Å². The summed E-state index contributed by atoms with van der Waals surface area (Å²) >= 11 is 3.28. The van der Waals surface area contributed by atoms with Crippen molar-refractivity contribution in [2.45, 2.75) is 20.3 Å². The molecule has 1 aromatic heterocycles. The van der Waals surface area contributed by atoms with Gasteiger partial charge in [-0.1, -0.05) is 54.4 Å². The normalized spacial score (nSPS) is 13.8. The molecule has 206 valence electrons. The molecule has 9 heteroatoms. The van der Waals surface area contributed by atoms with Crippen molar-refractivity contribution in [3.63, 3.8) is 0 Å². The lowest BCUT2D eigenvalue weighted by atomic mass is 10.1. The highest BCUT2D eigenvalue weighted by Gasteiger charge is 2.17. The van der Waals surface area contributed by atoms with Gasteiger partial charge < -0.3 is 24.5 Å².